The smallest absolute Gasteiger partial charge is 0.00131 e. The number of likely N-dealkylation sites (tertiary alicyclic amines) is 1. The highest BCUT2D eigenvalue weighted by molar-refractivity contribution is 4.92. The summed E-state index contributed by atoms with van der Waals surface area (Å²) in [6.45, 7) is 5.88. The maximum atomic E-state index is 5.88. The summed E-state index contributed by atoms with van der Waals surface area (Å²) < 4.78 is 0. The van der Waals surface area contributed by atoms with Gasteiger partial charge in [-0.3, -0.25) is 0 Å². The molecule has 1 heterocycles. The van der Waals surface area contributed by atoms with E-state index in [2.05, 4.69) is 18.9 Å². The van der Waals surface area contributed by atoms with Crippen molar-refractivity contribution in [2.75, 3.05) is 26.7 Å². The van der Waals surface area contributed by atoms with E-state index in [0.717, 1.165) is 30.2 Å². The maximum absolute atomic E-state index is 5.88. The molecule has 4 unspecified atom stereocenters. The summed E-state index contributed by atoms with van der Waals surface area (Å²) in [6, 6.07) is 0. The molecule has 0 radical (unpaired) electrons. The topological polar surface area (TPSA) is 29.3 Å². The van der Waals surface area contributed by atoms with Crippen molar-refractivity contribution in [1.29, 1.82) is 0 Å². The summed E-state index contributed by atoms with van der Waals surface area (Å²) in [4.78, 5) is 2.48. The summed E-state index contributed by atoms with van der Waals surface area (Å²) in [5.41, 5.74) is 5.88. The standard InChI is InChI=1S/C11H22N2/c1-8-3-4-9-6-13(2)7-11(9)10(8)5-12/h8-11H,3-7,12H2,1-2H3. The lowest BCUT2D eigenvalue weighted by molar-refractivity contribution is 0.141. The van der Waals surface area contributed by atoms with Crippen molar-refractivity contribution in [2.45, 2.75) is 19.8 Å². The van der Waals surface area contributed by atoms with Crippen molar-refractivity contribution >= 4 is 0 Å². The number of nitrogens with zero attached hydrogens (tertiary/aromatic N) is 1. The molecular weight excluding hydrogens is 160 g/mol. The highest BCUT2D eigenvalue weighted by atomic mass is 15.1. The average Bonchev–Trinajstić information content (AvgIpc) is 2.45. The molecule has 1 saturated heterocycles. The van der Waals surface area contributed by atoms with Gasteiger partial charge in [-0.25, -0.2) is 0 Å². The normalized spacial score (nSPS) is 46.4. The summed E-state index contributed by atoms with van der Waals surface area (Å²) in [6.07, 6.45) is 2.84. The van der Waals surface area contributed by atoms with Gasteiger partial charge in [0.25, 0.3) is 0 Å². The minimum atomic E-state index is 0.795. The zero-order chi connectivity index (χ0) is 9.42. The third-order valence-electron chi connectivity index (χ3n) is 4.22. The Balaban J connectivity index is 2.07. The average molecular weight is 182 g/mol. The van der Waals surface area contributed by atoms with Crippen LogP contribution in [0, 0.1) is 23.7 Å². The van der Waals surface area contributed by atoms with Crippen LogP contribution in [0.1, 0.15) is 19.8 Å². The molecule has 2 aliphatic rings. The predicted molar refractivity (Wildman–Crippen MR) is 55.4 cm³/mol. The molecule has 1 aliphatic carbocycles. The predicted octanol–water partition coefficient (Wildman–Crippen LogP) is 1.17. The minimum Gasteiger partial charge on any atom is -0.330 e. The fourth-order valence-corrected chi connectivity index (χ4v) is 3.43. The third-order valence-corrected chi connectivity index (χ3v) is 4.22. The Bertz CT molecular complexity index is 181. The van der Waals surface area contributed by atoms with Gasteiger partial charge in [0.15, 0.2) is 0 Å². The van der Waals surface area contributed by atoms with Crippen LogP contribution in [0.4, 0.5) is 0 Å². The van der Waals surface area contributed by atoms with Gasteiger partial charge in [0.2, 0.25) is 0 Å². The molecule has 2 nitrogen and oxygen atoms in total. The van der Waals surface area contributed by atoms with Crippen molar-refractivity contribution in [2.24, 2.45) is 29.4 Å². The first-order valence-corrected chi connectivity index (χ1v) is 5.61. The lowest BCUT2D eigenvalue weighted by Crippen LogP contribution is -2.37. The van der Waals surface area contributed by atoms with E-state index in [1.165, 1.54) is 25.9 Å². The minimum absolute atomic E-state index is 0.795. The van der Waals surface area contributed by atoms with Crippen molar-refractivity contribution in [3.8, 4) is 0 Å². The van der Waals surface area contributed by atoms with E-state index >= 15 is 0 Å². The molecule has 13 heavy (non-hydrogen) atoms. The molecule has 2 N–H and O–H groups in total. The molecule has 0 aromatic heterocycles. The van der Waals surface area contributed by atoms with Gasteiger partial charge >= 0.3 is 0 Å². The van der Waals surface area contributed by atoms with Gasteiger partial charge in [0.05, 0.1) is 0 Å². The zero-order valence-corrected chi connectivity index (χ0v) is 8.87. The SMILES string of the molecule is CC1CCC2CN(C)CC2C1CN. The van der Waals surface area contributed by atoms with Crippen molar-refractivity contribution < 1.29 is 0 Å². The Morgan fingerprint density at radius 3 is 2.77 bits per heavy atom. The summed E-state index contributed by atoms with van der Waals surface area (Å²) in [5.74, 6) is 3.51. The van der Waals surface area contributed by atoms with Crippen LogP contribution in [0.2, 0.25) is 0 Å². The molecule has 0 bridgehead atoms. The van der Waals surface area contributed by atoms with Gasteiger partial charge in [0, 0.05) is 13.1 Å². The van der Waals surface area contributed by atoms with Crippen LogP contribution in [0.25, 0.3) is 0 Å². The van der Waals surface area contributed by atoms with Crippen LogP contribution in [-0.2, 0) is 0 Å². The van der Waals surface area contributed by atoms with Crippen LogP contribution in [0.5, 0.6) is 0 Å². The first-order valence-electron chi connectivity index (χ1n) is 5.61. The van der Waals surface area contributed by atoms with Crippen molar-refractivity contribution in [1.82, 2.24) is 4.90 Å². The summed E-state index contributed by atoms with van der Waals surface area (Å²) in [7, 11) is 2.25. The Labute approximate surface area is 81.5 Å². The van der Waals surface area contributed by atoms with Crippen LogP contribution < -0.4 is 5.73 Å². The quantitative estimate of drug-likeness (QED) is 0.659. The lowest BCUT2D eigenvalue weighted by Gasteiger charge is -2.37. The monoisotopic (exact) mass is 182 g/mol. The first kappa shape index (κ1) is 9.47. The van der Waals surface area contributed by atoms with E-state index in [9.17, 15) is 0 Å². The first-order chi connectivity index (χ1) is 6.22. The largest absolute Gasteiger partial charge is 0.330 e. The van der Waals surface area contributed by atoms with Crippen LogP contribution in [0.15, 0.2) is 0 Å². The van der Waals surface area contributed by atoms with Crippen LogP contribution in [0.3, 0.4) is 0 Å². The second kappa shape index (κ2) is 3.58. The van der Waals surface area contributed by atoms with E-state index in [-0.39, 0.29) is 0 Å². The number of rotatable bonds is 1. The molecule has 0 aromatic rings. The second-order valence-electron chi connectivity index (χ2n) is 5.10. The van der Waals surface area contributed by atoms with Crippen molar-refractivity contribution in [3.63, 3.8) is 0 Å². The molecule has 0 aromatic carbocycles. The number of hydrogen-bond acceptors (Lipinski definition) is 2. The Morgan fingerprint density at radius 2 is 2.08 bits per heavy atom. The fraction of sp³-hybridized carbons (Fsp3) is 1.00. The molecule has 0 amide bonds. The Morgan fingerprint density at radius 1 is 1.31 bits per heavy atom. The Hall–Kier alpha value is -0.0800. The molecule has 4 atom stereocenters. The van der Waals surface area contributed by atoms with Gasteiger partial charge in [0.1, 0.15) is 0 Å². The molecule has 76 valence electrons. The van der Waals surface area contributed by atoms with Gasteiger partial charge in [-0.2, -0.15) is 0 Å². The number of fused-ring (bicyclic) bond motifs is 1. The van der Waals surface area contributed by atoms with E-state index in [1.807, 2.05) is 0 Å². The number of nitrogens with two attached hydrogens (primary N) is 1. The van der Waals surface area contributed by atoms with Gasteiger partial charge in [-0.15, -0.1) is 0 Å². The van der Waals surface area contributed by atoms with E-state index < -0.39 is 0 Å². The zero-order valence-electron chi connectivity index (χ0n) is 8.87. The Kier molecular flexibility index (Phi) is 2.61. The lowest BCUT2D eigenvalue weighted by atomic mass is 9.68. The molecule has 2 heteroatoms. The number of hydrogen-bond donors (Lipinski definition) is 1. The second-order valence-corrected chi connectivity index (χ2v) is 5.10. The summed E-state index contributed by atoms with van der Waals surface area (Å²) >= 11 is 0. The maximum Gasteiger partial charge on any atom is 0.00131 e. The van der Waals surface area contributed by atoms with E-state index in [4.69, 9.17) is 5.73 Å². The van der Waals surface area contributed by atoms with Gasteiger partial charge in [-0.05, 0) is 43.7 Å². The van der Waals surface area contributed by atoms with Crippen molar-refractivity contribution in [3.05, 3.63) is 0 Å². The van der Waals surface area contributed by atoms with Gasteiger partial charge in [-0.1, -0.05) is 13.3 Å². The fourth-order valence-electron chi connectivity index (χ4n) is 3.43. The van der Waals surface area contributed by atoms with Crippen LogP contribution >= 0.6 is 0 Å². The molecule has 2 rings (SSSR count). The molecule has 2 fully saturated rings. The van der Waals surface area contributed by atoms with Crippen LogP contribution in [-0.4, -0.2) is 31.6 Å². The molecule has 1 saturated carbocycles. The molecule has 1 aliphatic heterocycles. The van der Waals surface area contributed by atoms with E-state index in [0.29, 0.717) is 0 Å². The van der Waals surface area contributed by atoms with E-state index in [1.54, 1.807) is 0 Å². The summed E-state index contributed by atoms with van der Waals surface area (Å²) in [5, 5.41) is 0. The molecular formula is C11H22N2. The highest BCUT2D eigenvalue weighted by Gasteiger charge is 2.41. The molecule has 0 spiro atoms. The third kappa shape index (κ3) is 1.62. The highest BCUT2D eigenvalue weighted by Crippen LogP contribution is 2.41. The van der Waals surface area contributed by atoms with Gasteiger partial charge < -0.3 is 10.6 Å².